The molecule has 0 radical (unpaired) electrons. The predicted molar refractivity (Wildman–Crippen MR) is 106 cm³/mol. The number of ether oxygens (including phenoxy) is 3. The lowest BCUT2D eigenvalue weighted by Gasteiger charge is -2.27. The maximum absolute atomic E-state index is 6.45. The molecular formula is C20H23ClN2O3. The molecule has 26 heavy (non-hydrogen) atoms. The molecule has 6 heteroatoms. The zero-order valence-electron chi connectivity index (χ0n) is 15.5. The highest BCUT2D eigenvalue weighted by Crippen LogP contribution is 2.39. The summed E-state index contributed by atoms with van der Waals surface area (Å²) in [5, 5.41) is -0.0644. The maximum Gasteiger partial charge on any atom is 0.203 e. The van der Waals surface area contributed by atoms with Crippen molar-refractivity contribution < 1.29 is 14.2 Å². The first-order chi connectivity index (χ1) is 12.6. The van der Waals surface area contributed by atoms with Crippen molar-refractivity contribution in [3.05, 3.63) is 47.5 Å². The summed E-state index contributed by atoms with van der Waals surface area (Å²) in [4.78, 5) is 6.99. The number of alkyl halides is 1. The third-order valence-electron chi connectivity index (χ3n) is 4.43. The average Bonchev–Trinajstić information content (AvgIpc) is 2.66. The quantitative estimate of drug-likeness (QED) is 0.767. The van der Waals surface area contributed by atoms with Gasteiger partial charge in [0, 0.05) is 30.4 Å². The van der Waals surface area contributed by atoms with E-state index < -0.39 is 0 Å². The number of fused-ring (bicyclic) bond motifs is 1. The van der Waals surface area contributed by atoms with Gasteiger partial charge in [-0.15, -0.1) is 11.6 Å². The standard InChI is InChI=1S/C20H23ClN2O3/c1-23-12-14(21)11-22-19(15-7-5-6-8-16(15)23)13-9-17(24-2)20(26-4)18(10-13)25-3/h5-10,14H,11-12H2,1-4H3. The van der Waals surface area contributed by atoms with E-state index in [1.54, 1.807) is 21.3 Å². The Morgan fingerprint density at radius 1 is 1.04 bits per heavy atom. The molecule has 1 unspecified atom stereocenters. The van der Waals surface area contributed by atoms with Crippen LogP contribution in [0, 0.1) is 0 Å². The van der Waals surface area contributed by atoms with Crippen LogP contribution in [0.3, 0.4) is 0 Å². The first-order valence-electron chi connectivity index (χ1n) is 8.38. The van der Waals surface area contributed by atoms with Gasteiger partial charge in [-0.25, -0.2) is 0 Å². The van der Waals surface area contributed by atoms with Crippen LogP contribution in [0.4, 0.5) is 5.69 Å². The molecule has 0 spiro atoms. The van der Waals surface area contributed by atoms with Gasteiger partial charge < -0.3 is 19.1 Å². The van der Waals surface area contributed by atoms with Gasteiger partial charge in [-0.05, 0) is 18.2 Å². The number of benzene rings is 2. The molecule has 0 bridgehead atoms. The van der Waals surface area contributed by atoms with E-state index in [1.165, 1.54) is 0 Å². The Labute approximate surface area is 159 Å². The van der Waals surface area contributed by atoms with Crippen molar-refractivity contribution in [2.75, 3.05) is 46.4 Å². The summed E-state index contributed by atoms with van der Waals surface area (Å²) < 4.78 is 16.4. The molecule has 5 nitrogen and oxygen atoms in total. The van der Waals surface area contributed by atoms with Crippen LogP contribution in [0.25, 0.3) is 0 Å². The molecule has 2 aromatic rings. The molecule has 1 atom stereocenters. The Morgan fingerprint density at radius 2 is 1.69 bits per heavy atom. The first kappa shape index (κ1) is 18.4. The second kappa shape index (κ2) is 7.87. The van der Waals surface area contributed by atoms with Gasteiger partial charge in [0.15, 0.2) is 11.5 Å². The Kier molecular flexibility index (Phi) is 5.57. The largest absolute Gasteiger partial charge is 0.493 e. The number of aliphatic imine (C=N–C) groups is 1. The summed E-state index contributed by atoms with van der Waals surface area (Å²) in [6.07, 6.45) is 0. The fourth-order valence-electron chi connectivity index (χ4n) is 3.20. The molecule has 0 saturated heterocycles. The van der Waals surface area contributed by atoms with Crippen molar-refractivity contribution in [3.8, 4) is 17.2 Å². The number of anilines is 1. The van der Waals surface area contributed by atoms with E-state index in [0.29, 0.717) is 23.8 Å². The first-order valence-corrected chi connectivity index (χ1v) is 8.82. The Morgan fingerprint density at radius 3 is 2.31 bits per heavy atom. The average molecular weight is 375 g/mol. The summed E-state index contributed by atoms with van der Waals surface area (Å²) in [6.45, 7) is 1.27. The van der Waals surface area contributed by atoms with Gasteiger partial charge >= 0.3 is 0 Å². The number of nitrogens with zero attached hydrogens (tertiary/aromatic N) is 2. The SMILES string of the molecule is COc1cc(C2=NCC(Cl)CN(C)c3ccccc32)cc(OC)c1OC. The van der Waals surface area contributed by atoms with Crippen LogP contribution >= 0.6 is 11.6 Å². The van der Waals surface area contributed by atoms with Gasteiger partial charge in [-0.2, -0.15) is 0 Å². The van der Waals surface area contributed by atoms with Gasteiger partial charge in [0.25, 0.3) is 0 Å². The van der Waals surface area contributed by atoms with Crippen molar-refractivity contribution in [3.63, 3.8) is 0 Å². The molecule has 0 aromatic heterocycles. The van der Waals surface area contributed by atoms with Crippen LogP contribution in [-0.2, 0) is 0 Å². The number of rotatable bonds is 4. The lowest BCUT2D eigenvalue weighted by atomic mass is 9.98. The highest BCUT2D eigenvalue weighted by atomic mass is 35.5. The normalized spacial score (nSPS) is 16.9. The van der Waals surface area contributed by atoms with Crippen molar-refractivity contribution >= 4 is 23.0 Å². The molecule has 1 aliphatic rings. The molecular weight excluding hydrogens is 352 g/mol. The summed E-state index contributed by atoms with van der Waals surface area (Å²) in [5.74, 6) is 1.76. The molecule has 0 amide bonds. The topological polar surface area (TPSA) is 43.3 Å². The molecule has 1 aliphatic heterocycles. The third kappa shape index (κ3) is 3.44. The van der Waals surface area contributed by atoms with Crippen LogP contribution in [0.1, 0.15) is 11.1 Å². The van der Waals surface area contributed by atoms with E-state index in [0.717, 1.165) is 29.1 Å². The van der Waals surface area contributed by atoms with E-state index in [4.69, 9.17) is 30.8 Å². The fraction of sp³-hybridized carbons (Fsp3) is 0.350. The summed E-state index contributed by atoms with van der Waals surface area (Å²) in [5.41, 5.74) is 3.89. The number of halogens is 1. The van der Waals surface area contributed by atoms with Crippen molar-refractivity contribution in [1.82, 2.24) is 0 Å². The number of para-hydroxylation sites is 1. The molecule has 3 rings (SSSR count). The van der Waals surface area contributed by atoms with Gasteiger partial charge in [0.05, 0.1) is 39.0 Å². The van der Waals surface area contributed by atoms with Crippen LogP contribution < -0.4 is 19.1 Å². The highest BCUT2D eigenvalue weighted by Gasteiger charge is 2.22. The van der Waals surface area contributed by atoms with Gasteiger partial charge in [-0.3, -0.25) is 4.99 Å². The summed E-state index contributed by atoms with van der Waals surface area (Å²) in [7, 11) is 6.86. The minimum Gasteiger partial charge on any atom is -0.493 e. The summed E-state index contributed by atoms with van der Waals surface area (Å²) in [6, 6.07) is 12.0. The van der Waals surface area contributed by atoms with E-state index in [1.807, 2.05) is 31.3 Å². The number of methoxy groups -OCH3 is 3. The fourth-order valence-corrected chi connectivity index (χ4v) is 3.48. The van der Waals surface area contributed by atoms with E-state index in [-0.39, 0.29) is 5.38 Å². The van der Waals surface area contributed by atoms with Gasteiger partial charge in [-0.1, -0.05) is 18.2 Å². The van der Waals surface area contributed by atoms with E-state index in [9.17, 15) is 0 Å². The van der Waals surface area contributed by atoms with Gasteiger partial charge in [0.2, 0.25) is 5.75 Å². The molecule has 138 valence electrons. The third-order valence-corrected chi connectivity index (χ3v) is 4.70. The van der Waals surface area contributed by atoms with Crippen LogP contribution in [0.2, 0.25) is 0 Å². The van der Waals surface area contributed by atoms with E-state index >= 15 is 0 Å². The molecule has 1 heterocycles. The monoisotopic (exact) mass is 374 g/mol. The van der Waals surface area contributed by atoms with Gasteiger partial charge in [0.1, 0.15) is 0 Å². The molecule has 0 fully saturated rings. The zero-order valence-corrected chi connectivity index (χ0v) is 16.2. The zero-order chi connectivity index (χ0) is 18.7. The minimum atomic E-state index is -0.0644. The number of hydrogen-bond acceptors (Lipinski definition) is 5. The van der Waals surface area contributed by atoms with Crippen LogP contribution in [0.15, 0.2) is 41.4 Å². The molecule has 2 aromatic carbocycles. The molecule has 0 saturated carbocycles. The second-order valence-corrected chi connectivity index (χ2v) is 6.72. The van der Waals surface area contributed by atoms with Crippen LogP contribution in [0.5, 0.6) is 17.2 Å². The Balaban J connectivity index is 2.21. The minimum absolute atomic E-state index is 0.0644. The Hall–Kier alpha value is -2.40. The Bertz CT molecular complexity index is 797. The lowest BCUT2D eigenvalue weighted by Crippen LogP contribution is -2.31. The molecule has 0 N–H and O–H groups in total. The lowest BCUT2D eigenvalue weighted by molar-refractivity contribution is 0.324. The smallest absolute Gasteiger partial charge is 0.203 e. The van der Waals surface area contributed by atoms with Crippen molar-refractivity contribution in [2.24, 2.45) is 4.99 Å². The number of hydrogen-bond donors (Lipinski definition) is 0. The van der Waals surface area contributed by atoms with Crippen molar-refractivity contribution in [1.29, 1.82) is 0 Å². The van der Waals surface area contributed by atoms with Crippen molar-refractivity contribution in [2.45, 2.75) is 5.38 Å². The van der Waals surface area contributed by atoms with E-state index in [2.05, 4.69) is 17.0 Å². The summed E-state index contributed by atoms with van der Waals surface area (Å²) >= 11 is 6.45. The maximum atomic E-state index is 6.45. The van der Waals surface area contributed by atoms with Crippen LogP contribution in [-0.4, -0.2) is 52.6 Å². The second-order valence-electron chi connectivity index (χ2n) is 6.10. The highest BCUT2D eigenvalue weighted by molar-refractivity contribution is 6.22. The predicted octanol–water partition coefficient (Wildman–Crippen LogP) is 3.61. The molecule has 0 aliphatic carbocycles.